The first-order chi connectivity index (χ1) is 23.5. The van der Waals surface area contributed by atoms with Crippen molar-refractivity contribution in [3.63, 3.8) is 0 Å². The summed E-state index contributed by atoms with van der Waals surface area (Å²) in [6.07, 6.45) is 4.28. The summed E-state index contributed by atoms with van der Waals surface area (Å²) in [6, 6.07) is 16.5. The van der Waals surface area contributed by atoms with Crippen LogP contribution in [0, 0.1) is 0 Å². The molecule has 10 nitrogen and oxygen atoms in total. The minimum Gasteiger partial charge on any atom is -0.466 e. The van der Waals surface area contributed by atoms with E-state index < -0.39 is 29.8 Å². The van der Waals surface area contributed by atoms with Gasteiger partial charge in [-0.3, -0.25) is 9.59 Å². The molecule has 3 aromatic carbocycles. The first-order valence-corrected chi connectivity index (χ1v) is 16.3. The second kappa shape index (κ2) is 15.6. The fourth-order valence-corrected chi connectivity index (χ4v) is 5.88. The Balaban J connectivity index is 1.16. The first-order valence-electron chi connectivity index (χ1n) is 16.3. The number of benzene rings is 3. The molecule has 0 radical (unpaired) electrons. The average molecular weight is 667 g/mol. The minimum atomic E-state index is -0.779. The van der Waals surface area contributed by atoms with E-state index >= 15 is 0 Å². The maximum absolute atomic E-state index is 12.9. The highest BCUT2D eigenvalue weighted by Gasteiger charge is 2.28. The van der Waals surface area contributed by atoms with Crippen molar-refractivity contribution in [2.45, 2.75) is 70.8 Å². The van der Waals surface area contributed by atoms with Crippen LogP contribution in [0.15, 0.2) is 85.0 Å². The fourth-order valence-electron chi connectivity index (χ4n) is 5.88. The molecule has 0 bridgehead atoms. The molecule has 1 saturated carbocycles. The van der Waals surface area contributed by atoms with Crippen LogP contribution < -0.4 is 14.2 Å². The number of carbonyl (C=O) groups excluding carboxylic acids is 5. The summed E-state index contributed by atoms with van der Waals surface area (Å²) in [5, 5.41) is 0. The Bertz CT molecular complexity index is 1800. The SMILES string of the molecule is C=C(CC(=O)OCC)C(=O)Oc1ccc(C(=O)Oc2ccc3c(c2)C(C)c2cc(OC(=O)C(=C)CC(=O)OC4CCCCC4)ccc2-3)cc1. The van der Waals surface area contributed by atoms with Gasteiger partial charge in [0.05, 0.1) is 25.0 Å². The van der Waals surface area contributed by atoms with Crippen molar-refractivity contribution in [1.29, 1.82) is 0 Å². The third-order valence-electron chi connectivity index (χ3n) is 8.44. The smallest absolute Gasteiger partial charge is 0.343 e. The lowest BCUT2D eigenvalue weighted by Crippen LogP contribution is -2.22. The van der Waals surface area contributed by atoms with Gasteiger partial charge in [0, 0.05) is 17.1 Å². The topological polar surface area (TPSA) is 132 Å². The normalized spacial score (nSPS) is 14.9. The van der Waals surface area contributed by atoms with E-state index in [4.69, 9.17) is 23.7 Å². The van der Waals surface area contributed by atoms with Crippen LogP contribution in [0.4, 0.5) is 0 Å². The van der Waals surface area contributed by atoms with Crippen LogP contribution in [0.2, 0.25) is 0 Å². The van der Waals surface area contributed by atoms with Crippen LogP contribution in [0.3, 0.4) is 0 Å². The molecule has 0 amide bonds. The van der Waals surface area contributed by atoms with Crippen molar-refractivity contribution >= 4 is 29.8 Å². The molecular weight excluding hydrogens is 628 g/mol. The standard InChI is InChI=1S/C39H38O10/c1-5-45-35(40)19-23(2)37(42)47-28-13-11-26(12-14-28)39(44)49-30-16-18-32-31-17-15-29(21-33(31)25(4)34(32)22-30)48-38(43)24(3)20-36(41)46-27-9-7-6-8-10-27/h11-18,21-22,25,27H,2-3,5-10,19-20H2,1,4H3. The largest absolute Gasteiger partial charge is 0.466 e. The molecule has 5 rings (SSSR count). The van der Waals surface area contributed by atoms with E-state index in [1.54, 1.807) is 31.2 Å². The Labute approximate surface area is 284 Å². The van der Waals surface area contributed by atoms with E-state index in [1.807, 2.05) is 19.1 Å². The van der Waals surface area contributed by atoms with E-state index in [2.05, 4.69) is 13.2 Å². The zero-order chi connectivity index (χ0) is 35.1. The predicted octanol–water partition coefficient (Wildman–Crippen LogP) is 7.18. The van der Waals surface area contributed by atoms with Gasteiger partial charge in [-0.2, -0.15) is 0 Å². The van der Waals surface area contributed by atoms with Crippen LogP contribution in [0.1, 0.15) is 86.2 Å². The summed E-state index contributed by atoms with van der Waals surface area (Å²) >= 11 is 0. The highest BCUT2D eigenvalue weighted by molar-refractivity contribution is 5.96. The number of ether oxygens (including phenoxy) is 5. The molecule has 0 N–H and O–H groups in total. The van der Waals surface area contributed by atoms with Gasteiger partial charge in [0.25, 0.3) is 0 Å². The lowest BCUT2D eigenvalue weighted by atomic mass is 9.98. The summed E-state index contributed by atoms with van der Waals surface area (Å²) in [4.78, 5) is 61.8. The van der Waals surface area contributed by atoms with Crippen molar-refractivity contribution < 1.29 is 47.7 Å². The van der Waals surface area contributed by atoms with Crippen molar-refractivity contribution in [2.75, 3.05) is 6.61 Å². The zero-order valence-corrected chi connectivity index (χ0v) is 27.6. The maximum Gasteiger partial charge on any atom is 0.343 e. The molecule has 0 aromatic heterocycles. The second-order valence-corrected chi connectivity index (χ2v) is 12.0. The molecule has 0 saturated heterocycles. The predicted molar refractivity (Wildman–Crippen MR) is 179 cm³/mol. The van der Waals surface area contributed by atoms with Crippen LogP contribution in [-0.2, 0) is 28.7 Å². The van der Waals surface area contributed by atoms with Gasteiger partial charge in [-0.25, -0.2) is 14.4 Å². The van der Waals surface area contributed by atoms with Gasteiger partial charge in [-0.1, -0.05) is 38.6 Å². The number of hydrogen-bond acceptors (Lipinski definition) is 10. The van der Waals surface area contributed by atoms with Crippen LogP contribution in [0.25, 0.3) is 11.1 Å². The Hall–Kier alpha value is -5.51. The molecule has 0 spiro atoms. The van der Waals surface area contributed by atoms with E-state index in [1.165, 1.54) is 24.3 Å². The molecule has 2 aliphatic rings. The third-order valence-corrected chi connectivity index (χ3v) is 8.44. The Kier molecular flexibility index (Phi) is 11.1. The molecule has 1 unspecified atom stereocenters. The number of carbonyl (C=O) groups is 5. The Morgan fingerprint density at radius 2 is 1.18 bits per heavy atom. The highest BCUT2D eigenvalue weighted by Crippen LogP contribution is 2.47. The molecule has 10 heteroatoms. The summed E-state index contributed by atoms with van der Waals surface area (Å²) < 4.78 is 26.8. The first kappa shape index (κ1) is 34.8. The van der Waals surface area contributed by atoms with Gasteiger partial charge in [0.2, 0.25) is 0 Å². The van der Waals surface area contributed by atoms with Gasteiger partial charge < -0.3 is 23.7 Å². The molecule has 1 fully saturated rings. The van der Waals surface area contributed by atoms with Gasteiger partial charge in [0.1, 0.15) is 23.4 Å². The van der Waals surface area contributed by atoms with Crippen molar-refractivity contribution in [2.24, 2.45) is 0 Å². The summed E-state index contributed by atoms with van der Waals surface area (Å²) in [7, 11) is 0. The van der Waals surface area contributed by atoms with Crippen molar-refractivity contribution in [1.82, 2.24) is 0 Å². The number of rotatable bonds is 12. The summed E-state index contributed by atoms with van der Waals surface area (Å²) in [6.45, 7) is 11.2. The summed E-state index contributed by atoms with van der Waals surface area (Å²) in [5.41, 5.74) is 4.00. The molecule has 3 aromatic rings. The lowest BCUT2D eigenvalue weighted by Gasteiger charge is -2.21. The monoisotopic (exact) mass is 666 g/mol. The molecule has 0 aliphatic heterocycles. The highest BCUT2D eigenvalue weighted by atomic mass is 16.6. The van der Waals surface area contributed by atoms with Crippen molar-refractivity contribution in [3.05, 3.63) is 102 Å². The van der Waals surface area contributed by atoms with Gasteiger partial charge in [0.15, 0.2) is 0 Å². The van der Waals surface area contributed by atoms with E-state index in [9.17, 15) is 24.0 Å². The Morgan fingerprint density at radius 3 is 1.76 bits per heavy atom. The Morgan fingerprint density at radius 1 is 0.673 bits per heavy atom. The quantitative estimate of drug-likeness (QED) is 0.111. The fraction of sp³-hybridized carbons (Fsp3) is 0.308. The van der Waals surface area contributed by atoms with Gasteiger partial charge in [-0.05, 0) is 103 Å². The van der Waals surface area contributed by atoms with Crippen LogP contribution in [0.5, 0.6) is 17.2 Å². The number of esters is 5. The molecule has 49 heavy (non-hydrogen) atoms. The molecular formula is C39H38O10. The third kappa shape index (κ3) is 8.70. The van der Waals surface area contributed by atoms with Crippen LogP contribution in [-0.4, -0.2) is 42.6 Å². The van der Waals surface area contributed by atoms with E-state index in [0.29, 0.717) is 11.5 Å². The molecule has 2 aliphatic carbocycles. The van der Waals surface area contributed by atoms with Crippen LogP contribution >= 0.6 is 0 Å². The zero-order valence-electron chi connectivity index (χ0n) is 27.6. The molecule has 0 heterocycles. The van der Waals surface area contributed by atoms with E-state index in [-0.39, 0.29) is 53.9 Å². The minimum absolute atomic E-state index is 0.0247. The van der Waals surface area contributed by atoms with E-state index in [0.717, 1.165) is 54.4 Å². The van der Waals surface area contributed by atoms with Crippen molar-refractivity contribution in [3.8, 4) is 28.4 Å². The summed E-state index contributed by atoms with van der Waals surface area (Å²) in [5.74, 6) is -2.38. The number of hydrogen-bond donors (Lipinski definition) is 0. The molecule has 254 valence electrons. The maximum atomic E-state index is 12.9. The van der Waals surface area contributed by atoms with Gasteiger partial charge >= 0.3 is 29.8 Å². The second-order valence-electron chi connectivity index (χ2n) is 12.0. The molecule has 1 atom stereocenters. The lowest BCUT2D eigenvalue weighted by molar-refractivity contribution is -0.150. The number of fused-ring (bicyclic) bond motifs is 3. The van der Waals surface area contributed by atoms with Gasteiger partial charge in [-0.15, -0.1) is 0 Å². The average Bonchev–Trinajstić information content (AvgIpc) is 3.35.